The van der Waals surface area contributed by atoms with Crippen LogP contribution in [0.3, 0.4) is 0 Å². The second-order valence-electron chi connectivity index (χ2n) is 8.75. The highest BCUT2D eigenvalue weighted by atomic mass is 16.5. The van der Waals surface area contributed by atoms with Crippen molar-refractivity contribution in [2.45, 2.75) is 0 Å². The fourth-order valence-corrected chi connectivity index (χ4v) is 3.70. The molecule has 0 aromatic heterocycles. The maximum Gasteiger partial charge on any atom is 0.347 e. The minimum Gasteiger partial charge on any atom is -0.496 e. The van der Waals surface area contributed by atoms with E-state index in [0.29, 0.717) is 17.1 Å². The molecule has 0 saturated heterocycles. The molecule has 5 rings (SSSR count). The second-order valence-corrected chi connectivity index (χ2v) is 8.75. The van der Waals surface area contributed by atoms with Gasteiger partial charge in [0.1, 0.15) is 22.8 Å². The Kier molecular flexibility index (Phi) is 8.81. The molecule has 0 spiro atoms. The molecule has 0 aliphatic carbocycles. The highest BCUT2D eigenvalue weighted by molar-refractivity contribution is 5.98. The lowest BCUT2D eigenvalue weighted by Crippen LogP contribution is -2.14. The maximum absolute atomic E-state index is 13.0. The average molecular weight is 557 g/mol. The standard InChI is InChI=1S/C33H24N4O5/c1-40-31-21-12-23(32(38)41-28-17-13-26(14-18-28)36-34-24-8-4-2-5-9-24)22-30(31)33(39)42-29-19-15-27(16-20-29)37-35-25-10-6-3-7-11-25/h2-22H,1H3/b36-34+,37-35+. The molecule has 0 radical (unpaired) electrons. The molecule has 42 heavy (non-hydrogen) atoms. The molecule has 5 aromatic rings. The minimum atomic E-state index is -0.701. The zero-order valence-electron chi connectivity index (χ0n) is 22.5. The molecule has 0 aliphatic rings. The van der Waals surface area contributed by atoms with Gasteiger partial charge in [0.25, 0.3) is 0 Å². The molecule has 0 saturated carbocycles. The van der Waals surface area contributed by atoms with Crippen molar-refractivity contribution in [3.05, 3.63) is 139 Å². The quantitative estimate of drug-likeness (QED) is 0.102. The number of carbonyl (C=O) groups is 2. The lowest BCUT2D eigenvalue weighted by atomic mass is 10.1. The normalized spacial score (nSPS) is 11.0. The maximum atomic E-state index is 13.0. The fraction of sp³-hybridized carbons (Fsp3) is 0.0303. The molecule has 0 heterocycles. The summed E-state index contributed by atoms with van der Waals surface area (Å²) in [6.07, 6.45) is 0. The van der Waals surface area contributed by atoms with Gasteiger partial charge in [0.2, 0.25) is 0 Å². The summed E-state index contributed by atoms with van der Waals surface area (Å²) in [4.78, 5) is 25.9. The number of esters is 2. The van der Waals surface area contributed by atoms with E-state index in [1.54, 1.807) is 48.5 Å². The summed E-state index contributed by atoms with van der Waals surface area (Å²) in [5.41, 5.74) is 2.85. The molecular formula is C33H24N4O5. The Hall–Kier alpha value is -5.96. The molecule has 0 amide bonds. The molecule has 0 unspecified atom stereocenters. The van der Waals surface area contributed by atoms with Gasteiger partial charge in [0.15, 0.2) is 0 Å². The van der Waals surface area contributed by atoms with E-state index in [1.165, 1.54) is 25.3 Å². The number of ether oxygens (including phenoxy) is 3. The van der Waals surface area contributed by atoms with Crippen molar-refractivity contribution in [1.29, 1.82) is 0 Å². The summed E-state index contributed by atoms with van der Waals surface area (Å²) < 4.78 is 16.3. The van der Waals surface area contributed by atoms with E-state index in [9.17, 15) is 9.59 Å². The molecule has 0 atom stereocenters. The number of nitrogens with zero attached hydrogens (tertiary/aromatic N) is 4. The fourth-order valence-electron chi connectivity index (χ4n) is 3.70. The zero-order valence-corrected chi connectivity index (χ0v) is 22.5. The largest absolute Gasteiger partial charge is 0.496 e. The Morgan fingerprint density at radius 1 is 0.500 bits per heavy atom. The first-order chi connectivity index (χ1) is 20.6. The van der Waals surface area contributed by atoms with Crippen molar-refractivity contribution in [2.75, 3.05) is 7.11 Å². The first-order valence-corrected chi connectivity index (χ1v) is 12.8. The number of rotatable bonds is 9. The van der Waals surface area contributed by atoms with Crippen molar-refractivity contribution in [3.8, 4) is 17.2 Å². The van der Waals surface area contributed by atoms with Crippen molar-refractivity contribution in [3.63, 3.8) is 0 Å². The van der Waals surface area contributed by atoms with Crippen LogP contribution in [0, 0.1) is 0 Å². The summed E-state index contributed by atoms with van der Waals surface area (Å²) in [5, 5.41) is 16.7. The van der Waals surface area contributed by atoms with E-state index < -0.39 is 11.9 Å². The van der Waals surface area contributed by atoms with Gasteiger partial charge >= 0.3 is 11.9 Å². The predicted molar refractivity (Wildman–Crippen MR) is 157 cm³/mol. The van der Waals surface area contributed by atoms with Crippen molar-refractivity contribution >= 4 is 34.7 Å². The van der Waals surface area contributed by atoms with Crippen LogP contribution >= 0.6 is 0 Å². The number of azo groups is 2. The highest BCUT2D eigenvalue weighted by Crippen LogP contribution is 2.26. The Morgan fingerprint density at radius 3 is 1.38 bits per heavy atom. The summed E-state index contributed by atoms with van der Waals surface area (Å²) in [7, 11) is 1.42. The number of benzene rings is 5. The first-order valence-electron chi connectivity index (χ1n) is 12.8. The number of hydrogen-bond donors (Lipinski definition) is 0. The van der Waals surface area contributed by atoms with Gasteiger partial charge < -0.3 is 14.2 Å². The average Bonchev–Trinajstić information content (AvgIpc) is 3.04. The summed E-state index contributed by atoms with van der Waals surface area (Å²) in [6, 6.07) is 36.2. The van der Waals surface area contributed by atoms with Gasteiger partial charge in [-0.1, -0.05) is 36.4 Å². The molecule has 0 N–H and O–H groups in total. The Morgan fingerprint density at radius 2 is 0.929 bits per heavy atom. The Labute approximate surface area is 241 Å². The summed E-state index contributed by atoms with van der Waals surface area (Å²) >= 11 is 0. The van der Waals surface area contributed by atoms with Gasteiger partial charge in [-0.15, -0.1) is 0 Å². The number of hydrogen-bond acceptors (Lipinski definition) is 9. The topological polar surface area (TPSA) is 111 Å². The van der Waals surface area contributed by atoms with Crippen LogP contribution < -0.4 is 14.2 Å². The minimum absolute atomic E-state index is 0.0662. The van der Waals surface area contributed by atoms with Crippen LogP contribution in [0.25, 0.3) is 0 Å². The van der Waals surface area contributed by atoms with E-state index in [2.05, 4.69) is 20.5 Å². The lowest BCUT2D eigenvalue weighted by Gasteiger charge is -2.11. The van der Waals surface area contributed by atoms with Gasteiger partial charge in [-0.3, -0.25) is 0 Å². The first kappa shape index (κ1) is 27.6. The zero-order chi connectivity index (χ0) is 29.1. The molecule has 0 aliphatic heterocycles. The third kappa shape index (κ3) is 7.36. The van der Waals surface area contributed by atoms with Gasteiger partial charge in [-0.05, 0) is 91.0 Å². The molecule has 5 aromatic carbocycles. The van der Waals surface area contributed by atoms with E-state index in [-0.39, 0.29) is 22.6 Å². The number of carbonyl (C=O) groups excluding carboxylic acids is 2. The van der Waals surface area contributed by atoms with Gasteiger partial charge in [-0.25, -0.2) is 9.59 Å². The lowest BCUT2D eigenvalue weighted by molar-refractivity contribution is 0.0731. The summed E-state index contributed by atoms with van der Waals surface area (Å²) in [6.45, 7) is 0. The second kappa shape index (κ2) is 13.4. The predicted octanol–water partition coefficient (Wildman–Crippen LogP) is 8.96. The van der Waals surface area contributed by atoms with Crippen LogP contribution in [0.2, 0.25) is 0 Å². The van der Waals surface area contributed by atoms with E-state index in [0.717, 1.165) is 11.4 Å². The van der Waals surface area contributed by atoms with Gasteiger partial charge in [0.05, 0.1) is 35.4 Å². The highest BCUT2D eigenvalue weighted by Gasteiger charge is 2.19. The summed E-state index contributed by atoms with van der Waals surface area (Å²) in [5.74, 6) is -0.508. The number of methoxy groups -OCH3 is 1. The van der Waals surface area contributed by atoms with Crippen LogP contribution in [-0.4, -0.2) is 19.0 Å². The van der Waals surface area contributed by atoms with Crippen LogP contribution in [0.1, 0.15) is 20.7 Å². The molecule has 9 nitrogen and oxygen atoms in total. The van der Waals surface area contributed by atoms with E-state index in [1.807, 2.05) is 60.7 Å². The SMILES string of the molecule is COc1ccc(C(=O)Oc2ccc(/N=N/c3ccccc3)cc2)cc1C(=O)Oc1ccc(/N=N/c2ccccc2)cc1. The Balaban J connectivity index is 1.23. The van der Waals surface area contributed by atoms with Gasteiger partial charge in [0, 0.05) is 0 Å². The van der Waals surface area contributed by atoms with Crippen molar-refractivity contribution in [1.82, 2.24) is 0 Å². The smallest absolute Gasteiger partial charge is 0.347 e. The molecular weight excluding hydrogens is 532 g/mol. The van der Waals surface area contributed by atoms with Crippen LogP contribution in [0.15, 0.2) is 148 Å². The van der Waals surface area contributed by atoms with E-state index in [4.69, 9.17) is 14.2 Å². The van der Waals surface area contributed by atoms with Gasteiger partial charge in [-0.2, -0.15) is 20.5 Å². The molecule has 9 heteroatoms. The Bertz CT molecular complexity index is 1720. The van der Waals surface area contributed by atoms with E-state index >= 15 is 0 Å². The third-order valence-corrected chi connectivity index (χ3v) is 5.82. The van der Waals surface area contributed by atoms with Crippen molar-refractivity contribution < 1.29 is 23.8 Å². The molecule has 0 fully saturated rings. The molecule has 206 valence electrons. The monoisotopic (exact) mass is 556 g/mol. The molecule has 0 bridgehead atoms. The van der Waals surface area contributed by atoms with Crippen molar-refractivity contribution in [2.24, 2.45) is 20.5 Å². The van der Waals surface area contributed by atoms with Crippen LogP contribution in [0.4, 0.5) is 22.7 Å². The third-order valence-electron chi connectivity index (χ3n) is 5.82. The van der Waals surface area contributed by atoms with Crippen LogP contribution in [0.5, 0.6) is 17.2 Å². The van der Waals surface area contributed by atoms with Crippen LogP contribution in [-0.2, 0) is 0 Å².